The van der Waals surface area contributed by atoms with E-state index in [1.807, 2.05) is 21.8 Å². The van der Waals surface area contributed by atoms with Gasteiger partial charge in [0.2, 0.25) is 5.91 Å². The fourth-order valence-electron chi connectivity index (χ4n) is 2.96. The molecular formula is C18H20N4OS. The standard InChI is InChI=1S/C18H20N4OS/c1-12-10-13(2)16-15(11-12)24-18(20-16)22(17(23)14-4-5-14)9-8-21-7-3-6-19-21/h3,6-7,10-11,14H,4-5,8-9H2,1-2H3. The van der Waals surface area contributed by atoms with Gasteiger partial charge in [-0.05, 0) is 49.9 Å². The second-order valence-electron chi connectivity index (χ2n) is 6.46. The lowest BCUT2D eigenvalue weighted by Crippen LogP contribution is -2.35. The van der Waals surface area contributed by atoms with Gasteiger partial charge in [-0.15, -0.1) is 0 Å². The summed E-state index contributed by atoms with van der Waals surface area (Å²) in [6.07, 6.45) is 5.68. The average molecular weight is 340 g/mol. The highest BCUT2D eigenvalue weighted by Crippen LogP contribution is 2.36. The molecule has 1 aliphatic rings. The highest BCUT2D eigenvalue weighted by atomic mass is 32.1. The number of carbonyl (C=O) groups excluding carboxylic acids is 1. The van der Waals surface area contributed by atoms with Gasteiger partial charge in [-0.25, -0.2) is 4.98 Å². The zero-order valence-corrected chi connectivity index (χ0v) is 14.7. The van der Waals surface area contributed by atoms with Gasteiger partial charge in [0.05, 0.1) is 16.8 Å². The molecule has 2 aromatic heterocycles. The number of aromatic nitrogens is 3. The first kappa shape index (κ1) is 15.3. The maximum Gasteiger partial charge on any atom is 0.231 e. The van der Waals surface area contributed by atoms with Gasteiger partial charge in [-0.1, -0.05) is 17.4 Å². The van der Waals surface area contributed by atoms with Gasteiger partial charge in [-0.3, -0.25) is 14.4 Å². The molecule has 1 aliphatic carbocycles. The molecule has 0 unspecified atom stereocenters. The van der Waals surface area contributed by atoms with Gasteiger partial charge in [0.25, 0.3) is 0 Å². The van der Waals surface area contributed by atoms with Crippen LogP contribution in [0.25, 0.3) is 10.2 Å². The summed E-state index contributed by atoms with van der Waals surface area (Å²) < 4.78 is 3.01. The summed E-state index contributed by atoms with van der Waals surface area (Å²) in [5.41, 5.74) is 3.40. The van der Waals surface area contributed by atoms with Crippen molar-refractivity contribution in [2.75, 3.05) is 11.4 Å². The molecule has 1 saturated carbocycles. The topological polar surface area (TPSA) is 51.0 Å². The second-order valence-corrected chi connectivity index (χ2v) is 7.47. The summed E-state index contributed by atoms with van der Waals surface area (Å²) >= 11 is 1.61. The Kier molecular flexibility index (Phi) is 3.84. The molecule has 124 valence electrons. The molecule has 0 radical (unpaired) electrons. The summed E-state index contributed by atoms with van der Waals surface area (Å²) in [5, 5.41) is 5.04. The molecule has 0 N–H and O–H groups in total. The number of fused-ring (bicyclic) bond motifs is 1. The van der Waals surface area contributed by atoms with Crippen LogP contribution in [-0.2, 0) is 11.3 Å². The van der Waals surface area contributed by atoms with E-state index < -0.39 is 0 Å². The number of anilines is 1. The van der Waals surface area contributed by atoms with E-state index in [9.17, 15) is 4.79 Å². The van der Waals surface area contributed by atoms with Gasteiger partial charge in [0.15, 0.2) is 5.13 Å². The van der Waals surface area contributed by atoms with Crippen molar-refractivity contribution in [3.63, 3.8) is 0 Å². The van der Waals surface area contributed by atoms with Gasteiger partial charge in [0.1, 0.15) is 0 Å². The Hall–Kier alpha value is -2.21. The highest BCUT2D eigenvalue weighted by Gasteiger charge is 2.35. The maximum absolute atomic E-state index is 12.8. The van der Waals surface area contributed by atoms with Gasteiger partial charge >= 0.3 is 0 Å². The van der Waals surface area contributed by atoms with E-state index in [-0.39, 0.29) is 11.8 Å². The molecule has 4 rings (SSSR count). The minimum absolute atomic E-state index is 0.178. The maximum atomic E-state index is 12.8. The monoisotopic (exact) mass is 340 g/mol. The largest absolute Gasteiger partial charge is 0.286 e. The van der Waals surface area contributed by atoms with Crippen molar-refractivity contribution in [2.45, 2.75) is 33.2 Å². The summed E-state index contributed by atoms with van der Waals surface area (Å²) in [5.74, 6) is 0.382. The molecule has 1 amide bonds. The summed E-state index contributed by atoms with van der Waals surface area (Å²) in [7, 11) is 0. The van der Waals surface area contributed by atoms with Crippen LogP contribution in [-0.4, -0.2) is 27.2 Å². The molecule has 0 aliphatic heterocycles. The van der Waals surface area contributed by atoms with Crippen LogP contribution < -0.4 is 4.90 Å². The number of hydrogen-bond donors (Lipinski definition) is 0. The lowest BCUT2D eigenvalue weighted by atomic mass is 10.1. The van der Waals surface area contributed by atoms with Crippen molar-refractivity contribution in [3.05, 3.63) is 41.7 Å². The van der Waals surface area contributed by atoms with Crippen LogP contribution in [0.4, 0.5) is 5.13 Å². The minimum atomic E-state index is 0.178. The van der Waals surface area contributed by atoms with Crippen LogP contribution in [0.5, 0.6) is 0 Å². The van der Waals surface area contributed by atoms with E-state index in [0.717, 1.165) is 28.2 Å². The van der Waals surface area contributed by atoms with Crippen LogP contribution in [0.15, 0.2) is 30.6 Å². The van der Waals surface area contributed by atoms with Crippen LogP contribution in [0, 0.1) is 19.8 Å². The molecule has 0 spiro atoms. The third-order valence-corrected chi connectivity index (χ3v) is 5.38. The van der Waals surface area contributed by atoms with Crippen molar-refractivity contribution >= 4 is 32.6 Å². The average Bonchev–Trinajstić information content (AvgIpc) is 3.10. The van der Waals surface area contributed by atoms with E-state index in [2.05, 4.69) is 31.1 Å². The Morgan fingerprint density at radius 3 is 2.92 bits per heavy atom. The van der Waals surface area contributed by atoms with Crippen molar-refractivity contribution in [3.8, 4) is 0 Å². The highest BCUT2D eigenvalue weighted by molar-refractivity contribution is 7.22. The summed E-state index contributed by atoms with van der Waals surface area (Å²) in [6, 6.07) is 6.19. The molecular weight excluding hydrogens is 320 g/mol. The fourth-order valence-corrected chi connectivity index (χ4v) is 4.13. The first-order valence-electron chi connectivity index (χ1n) is 8.28. The predicted octanol–water partition coefficient (Wildman–Crippen LogP) is 3.55. The number of rotatable bonds is 5. The molecule has 1 fully saturated rings. The number of carbonyl (C=O) groups is 1. The predicted molar refractivity (Wildman–Crippen MR) is 96.4 cm³/mol. The Bertz CT molecular complexity index is 880. The van der Waals surface area contributed by atoms with E-state index in [1.54, 1.807) is 17.5 Å². The third-order valence-electron chi connectivity index (χ3n) is 4.35. The van der Waals surface area contributed by atoms with Crippen LogP contribution in [0.3, 0.4) is 0 Å². The molecule has 6 heteroatoms. The van der Waals surface area contributed by atoms with Crippen LogP contribution in [0.2, 0.25) is 0 Å². The van der Waals surface area contributed by atoms with Crippen molar-refractivity contribution < 1.29 is 4.79 Å². The molecule has 0 saturated heterocycles. The SMILES string of the molecule is Cc1cc(C)c2nc(N(CCn3cccn3)C(=O)C3CC3)sc2c1. The smallest absolute Gasteiger partial charge is 0.231 e. The number of thiazole rings is 1. The molecule has 5 nitrogen and oxygen atoms in total. The Morgan fingerprint density at radius 2 is 2.21 bits per heavy atom. The second kappa shape index (κ2) is 6.02. The van der Waals surface area contributed by atoms with Gasteiger partial charge in [0, 0.05) is 24.9 Å². The molecule has 2 heterocycles. The number of benzene rings is 1. The van der Waals surface area contributed by atoms with Gasteiger partial charge < -0.3 is 0 Å². The lowest BCUT2D eigenvalue weighted by Gasteiger charge is -2.19. The Labute approximate surface area is 144 Å². The van der Waals surface area contributed by atoms with Crippen molar-refractivity contribution in [1.29, 1.82) is 0 Å². The molecule has 24 heavy (non-hydrogen) atoms. The molecule has 0 bridgehead atoms. The van der Waals surface area contributed by atoms with Crippen LogP contribution >= 0.6 is 11.3 Å². The molecule has 3 aromatic rings. The van der Waals surface area contributed by atoms with E-state index in [4.69, 9.17) is 4.98 Å². The zero-order chi connectivity index (χ0) is 16.7. The van der Waals surface area contributed by atoms with Crippen molar-refractivity contribution in [1.82, 2.24) is 14.8 Å². The number of amides is 1. The van der Waals surface area contributed by atoms with E-state index in [1.165, 1.54) is 11.1 Å². The van der Waals surface area contributed by atoms with Gasteiger partial charge in [-0.2, -0.15) is 5.10 Å². The van der Waals surface area contributed by atoms with Crippen LogP contribution in [0.1, 0.15) is 24.0 Å². The zero-order valence-electron chi connectivity index (χ0n) is 13.9. The van der Waals surface area contributed by atoms with E-state index in [0.29, 0.717) is 13.1 Å². The molecule has 1 aromatic carbocycles. The quantitative estimate of drug-likeness (QED) is 0.714. The number of nitrogens with zero attached hydrogens (tertiary/aromatic N) is 4. The first-order valence-corrected chi connectivity index (χ1v) is 9.10. The van der Waals surface area contributed by atoms with E-state index >= 15 is 0 Å². The fraction of sp³-hybridized carbons (Fsp3) is 0.389. The molecule has 0 atom stereocenters. The Balaban J connectivity index is 1.66. The first-order chi connectivity index (χ1) is 11.6. The minimum Gasteiger partial charge on any atom is -0.286 e. The number of hydrogen-bond acceptors (Lipinski definition) is 4. The normalized spacial score (nSPS) is 14.2. The lowest BCUT2D eigenvalue weighted by molar-refractivity contribution is -0.119. The summed E-state index contributed by atoms with van der Waals surface area (Å²) in [6.45, 7) is 5.46. The number of aryl methyl sites for hydroxylation is 2. The third kappa shape index (κ3) is 2.94. The summed E-state index contributed by atoms with van der Waals surface area (Å²) in [4.78, 5) is 19.4. The van der Waals surface area contributed by atoms with Crippen molar-refractivity contribution in [2.24, 2.45) is 5.92 Å². The Morgan fingerprint density at radius 1 is 1.38 bits per heavy atom.